The minimum absolute atomic E-state index is 0.359. The molecule has 1 saturated carbocycles. The van der Waals surface area contributed by atoms with Gasteiger partial charge in [0.25, 0.3) is 0 Å². The smallest absolute Gasteiger partial charge is 0.303 e. The molecule has 0 spiro atoms. The van der Waals surface area contributed by atoms with Crippen molar-refractivity contribution in [3.05, 3.63) is 0 Å². The molecular weight excluding hydrogens is 226 g/mol. The highest BCUT2D eigenvalue weighted by Crippen LogP contribution is 2.30. The van der Waals surface area contributed by atoms with Gasteiger partial charge in [-0.3, -0.25) is 4.79 Å². The Morgan fingerprint density at radius 1 is 1.17 bits per heavy atom. The lowest BCUT2D eigenvalue weighted by atomic mass is 9.82. The van der Waals surface area contributed by atoms with Gasteiger partial charge in [-0.1, -0.05) is 19.8 Å². The largest absolute Gasteiger partial charge is 0.481 e. The van der Waals surface area contributed by atoms with Crippen LogP contribution in [0.5, 0.6) is 0 Å². The zero-order chi connectivity index (χ0) is 13.0. The quantitative estimate of drug-likeness (QED) is 0.837. The van der Waals surface area contributed by atoms with E-state index >= 15 is 0 Å². The lowest BCUT2D eigenvalue weighted by Crippen LogP contribution is -2.39. The standard InChI is InChI=1S/C15H27NO2/c1-12-4-6-13(7-5-12)10-16-8-2-3-14(11-16)9-15(17)18/h12-14H,2-11H2,1H3,(H,17,18). The van der Waals surface area contributed by atoms with E-state index in [2.05, 4.69) is 11.8 Å². The Balaban J connectivity index is 1.73. The van der Waals surface area contributed by atoms with E-state index in [9.17, 15) is 4.79 Å². The predicted octanol–water partition coefficient (Wildman–Crippen LogP) is 3.00. The summed E-state index contributed by atoms with van der Waals surface area (Å²) in [4.78, 5) is 13.3. The summed E-state index contributed by atoms with van der Waals surface area (Å²) in [6, 6.07) is 0. The van der Waals surface area contributed by atoms with Crippen LogP contribution in [0, 0.1) is 17.8 Å². The minimum Gasteiger partial charge on any atom is -0.481 e. The molecule has 1 saturated heterocycles. The second kappa shape index (κ2) is 6.55. The third kappa shape index (κ3) is 4.27. The van der Waals surface area contributed by atoms with E-state index in [0.717, 1.165) is 24.8 Å². The lowest BCUT2D eigenvalue weighted by molar-refractivity contribution is -0.138. The van der Waals surface area contributed by atoms with Crippen molar-refractivity contribution in [3.8, 4) is 0 Å². The van der Waals surface area contributed by atoms with Gasteiger partial charge in [0.1, 0.15) is 0 Å². The van der Waals surface area contributed by atoms with Gasteiger partial charge < -0.3 is 10.0 Å². The summed E-state index contributed by atoms with van der Waals surface area (Å²) in [7, 11) is 0. The summed E-state index contributed by atoms with van der Waals surface area (Å²) in [5, 5.41) is 8.88. The average molecular weight is 253 g/mol. The number of carbonyl (C=O) groups is 1. The molecule has 2 aliphatic rings. The van der Waals surface area contributed by atoms with Crippen LogP contribution in [0.15, 0.2) is 0 Å². The lowest BCUT2D eigenvalue weighted by Gasteiger charge is -2.36. The monoisotopic (exact) mass is 253 g/mol. The molecule has 0 aromatic rings. The molecule has 0 radical (unpaired) electrons. The van der Waals surface area contributed by atoms with Gasteiger partial charge in [-0.25, -0.2) is 0 Å². The molecule has 1 atom stereocenters. The van der Waals surface area contributed by atoms with E-state index in [0.29, 0.717) is 12.3 Å². The molecular formula is C15H27NO2. The molecule has 104 valence electrons. The number of piperidine rings is 1. The Kier molecular flexibility index (Phi) is 5.04. The van der Waals surface area contributed by atoms with Crippen molar-refractivity contribution < 1.29 is 9.90 Å². The SMILES string of the molecule is CC1CCC(CN2CCCC(CC(=O)O)C2)CC1. The summed E-state index contributed by atoms with van der Waals surface area (Å²) < 4.78 is 0. The van der Waals surface area contributed by atoms with Gasteiger partial charge in [-0.2, -0.15) is 0 Å². The maximum Gasteiger partial charge on any atom is 0.303 e. The summed E-state index contributed by atoms with van der Waals surface area (Å²) >= 11 is 0. The first kappa shape index (κ1) is 13.9. The molecule has 1 aliphatic carbocycles. The van der Waals surface area contributed by atoms with Gasteiger partial charge in [-0.15, -0.1) is 0 Å². The minimum atomic E-state index is -0.631. The van der Waals surface area contributed by atoms with E-state index in [1.807, 2.05) is 0 Å². The van der Waals surface area contributed by atoms with Crippen LogP contribution < -0.4 is 0 Å². The molecule has 1 N–H and O–H groups in total. The van der Waals surface area contributed by atoms with Crippen molar-refractivity contribution >= 4 is 5.97 Å². The summed E-state index contributed by atoms with van der Waals surface area (Å²) in [6.45, 7) is 5.77. The van der Waals surface area contributed by atoms with Crippen molar-refractivity contribution in [2.24, 2.45) is 17.8 Å². The van der Waals surface area contributed by atoms with Crippen molar-refractivity contribution in [2.45, 2.75) is 51.9 Å². The second-order valence-corrected chi connectivity index (χ2v) is 6.49. The zero-order valence-corrected chi connectivity index (χ0v) is 11.6. The first-order valence-corrected chi connectivity index (χ1v) is 7.57. The number of hydrogen-bond acceptors (Lipinski definition) is 2. The van der Waals surface area contributed by atoms with Gasteiger partial charge in [0.05, 0.1) is 0 Å². The van der Waals surface area contributed by atoms with E-state index in [1.165, 1.54) is 45.2 Å². The van der Waals surface area contributed by atoms with Crippen molar-refractivity contribution in [2.75, 3.05) is 19.6 Å². The van der Waals surface area contributed by atoms with Crippen LogP contribution in [0.4, 0.5) is 0 Å². The Labute approximate surface area is 111 Å². The average Bonchev–Trinajstić information content (AvgIpc) is 2.32. The topological polar surface area (TPSA) is 40.5 Å². The fourth-order valence-electron chi connectivity index (χ4n) is 3.61. The van der Waals surface area contributed by atoms with Crippen LogP contribution in [0.1, 0.15) is 51.9 Å². The number of aliphatic carboxylic acids is 1. The van der Waals surface area contributed by atoms with Crippen molar-refractivity contribution in [1.29, 1.82) is 0 Å². The molecule has 1 unspecified atom stereocenters. The molecule has 0 bridgehead atoms. The Morgan fingerprint density at radius 2 is 1.89 bits per heavy atom. The molecule has 0 aromatic heterocycles. The van der Waals surface area contributed by atoms with Crippen LogP contribution >= 0.6 is 0 Å². The predicted molar refractivity (Wildman–Crippen MR) is 72.5 cm³/mol. The molecule has 0 aromatic carbocycles. The molecule has 3 nitrogen and oxygen atoms in total. The molecule has 1 heterocycles. The number of likely N-dealkylation sites (tertiary alicyclic amines) is 1. The fourth-order valence-corrected chi connectivity index (χ4v) is 3.61. The van der Waals surface area contributed by atoms with Gasteiger partial charge >= 0.3 is 5.97 Å². The van der Waals surface area contributed by atoms with Crippen LogP contribution in [-0.2, 0) is 4.79 Å². The Morgan fingerprint density at radius 3 is 2.56 bits per heavy atom. The molecule has 18 heavy (non-hydrogen) atoms. The third-order valence-corrected chi connectivity index (χ3v) is 4.72. The van der Waals surface area contributed by atoms with E-state index in [-0.39, 0.29) is 0 Å². The number of hydrogen-bond donors (Lipinski definition) is 1. The maximum absolute atomic E-state index is 10.8. The molecule has 1 aliphatic heterocycles. The zero-order valence-electron chi connectivity index (χ0n) is 11.6. The second-order valence-electron chi connectivity index (χ2n) is 6.49. The molecule has 3 heteroatoms. The summed E-state index contributed by atoms with van der Waals surface area (Å²) in [6.07, 6.45) is 8.17. The molecule has 0 amide bonds. The Bertz CT molecular complexity index is 272. The number of rotatable bonds is 4. The van der Waals surface area contributed by atoms with Crippen molar-refractivity contribution in [1.82, 2.24) is 4.90 Å². The summed E-state index contributed by atoms with van der Waals surface area (Å²) in [5.74, 6) is 1.54. The van der Waals surface area contributed by atoms with Gasteiger partial charge in [0.15, 0.2) is 0 Å². The van der Waals surface area contributed by atoms with Crippen LogP contribution in [0.25, 0.3) is 0 Å². The van der Waals surface area contributed by atoms with Crippen molar-refractivity contribution in [3.63, 3.8) is 0 Å². The van der Waals surface area contributed by atoms with E-state index < -0.39 is 5.97 Å². The van der Waals surface area contributed by atoms with Crippen LogP contribution in [0.3, 0.4) is 0 Å². The first-order chi connectivity index (χ1) is 8.63. The van der Waals surface area contributed by atoms with Gasteiger partial charge in [0.2, 0.25) is 0 Å². The highest BCUT2D eigenvalue weighted by Gasteiger charge is 2.25. The number of nitrogens with zero attached hydrogens (tertiary/aromatic N) is 1. The highest BCUT2D eigenvalue weighted by atomic mass is 16.4. The van der Waals surface area contributed by atoms with E-state index in [1.54, 1.807) is 0 Å². The summed E-state index contributed by atoms with van der Waals surface area (Å²) in [5.41, 5.74) is 0. The number of carboxylic acid groups (broad SMARTS) is 1. The van der Waals surface area contributed by atoms with Crippen LogP contribution in [0.2, 0.25) is 0 Å². The first-order valence-electron chi connectivity index (χ1n) is 7.57. The highest BCUT2D eigenvalue weighted by molar-refractivity contribution is 5.67. The maximum atomic E-state index is 10.8. The van der Waals surface area contributed by atoms with Gasteiger partial charge in [-0.05, 0) is 50.0 Å². The molecule has 2 fully saturated rings. The molecule has 2 rings (SSSR count). The fraction of sp³-hybridized carbons (Fsp3) is 0.933. The van der Waals surface area contributed by atoms with Crippen LogP contribution in [-0.4, -0.2) is 35.6 Å². The Hall–Kier alpha value is -0.570. The third-order valence-electron chi connectivity index (χ3n) is 4.72. The van der Waals surface area contributed by atoms with E-state index in [4.69, 9.17) is 5.11 Å². The van der Waals surface area contributed by atoms with Gasteiger partial charge in [0, 0.05) is 19.5 Å². The normalized spacial score (nSPS) is 34.4. The number of carboxylic acids is 1.